The van der Waals surface area contributed by atoms with Crippen LogP contribution in [-0.4, -0.2) is 35.4 Å². The maximum atomic E-state index is 13.8. The number of ether oxygens (including phenoxy) is 1. The molecular weight excluding hydrogens is 383 g/mol. The fourth-order valence-corrected chi connectivity index (χ4v) is 3.03. The number of nitrogens with zero attached hydrogens (tertiary/aromatic N) is 1. The number of rotatable bonds is 10. The minimum atomic E-state index is -0.642. The van der Waals surface area contributed by atoms with E-state index >= 15 is 0 Å². The molecule has 2 aromatic carbocycles. The number of para-hydroxylation sites is 1. The average molecular weight is 415 g/mol. The van der Waals surface area contributed by atoms with Gasteiger partial charge in [-0.2, -0.15) is 0 Å². The van der Waals surface area contributed by atoms with Gasteiger partial charge in [0, 0.05) is 12.6 Å². The van der Waals surface area contributed by atoms with Gasteiger partial charge in [-0.3, -0.25) is 9.59 Å². The Morgan fingerprint density at radius 3 is 2.33 bits per heavy atom. The molecule has 2 rings (SSSR count). The predicted octanol–water partition coefficient (Wildman–Crippen LogP) is 4.24. The highest BCUT2D eigenvalue weighted by Crippen LogP contribution is 2.17. The fraction of sp³-hybridized carbons (Fsp3) is 0.417. The van der Waals surface area contributed by atoms with Crippen molar-refractivity contribution in [3.05, 3.63) is 65.5 Å². The Bertz CT molecular complexity index is 839. The third-order valence-electron chi connectivity index (χ3n) is 5.05. The van der Waals surface area contributed by atoms with Gasteiger partial charge in [0.2, 0.25) is 5.91 Å². The van der Waals surface area contributed by atoms with Crippen molar-refractivity contribution in [1.29, 1.82) is 0 Å². The molecule has 0 fully saturated rings. The zero-order valence-corrected chi connectivity index (χ0v) is 18.2. The second kappa shape index (κ2) is 11.3. The van der Waals surface area contributed by atoms with Crippen LogP contribution in [0.15, 0.2) is 48.5 Å². The highest BCUT2D eigenvalue weighted by molar-refractivity contribution is 5.88. The van der Waals surface area contributed by atoms with Gasteiger partial charge >= 0.3 is 0 Å². The Balaban J connectivity index is 2.21. The smallest absolute Gasteiger partial charge is 0.261 e. The van der Waals surface area contributed by atoms with Crippen LogP contribution < -0.4 is 10.1 Å². The van der Waals surface area contributed by atoms with E-state index in [0.29, 0.717) is 6.42 Å². The van der Waals surface area contributed by atoms with Crippen molar-refractivity contribution in [2.75, 3.05) is 6.61 Å². The molecule has 5 nitrogen and oxygen atoms in total. The Hall–Kier alpha value is -2.89. The molecule has 6 heteroatoms. The Morgan fingerprint density at radius 2 is 1.73 bits per heavy atom. The largest absolute Gasteiger partial charge is 0.481 e. The van der Waals surface area contributed by atoms with Crippen molar-refractivity contribution in [1.82, 2.24) is 10.2 Å². The van der Waals surface area contributed by atoms with Gasteiger partial charge in [0.05, 0.1) is 0 Å². The maximum Gasteiger partial charge on any atom is 0.261 e. The van der Waals surface area contributed by atoms with Gasteiger partial charge in [-0.1, -0.05) is 55.8 Å². The minimum Gasteiger partial charge on any atom is -0.481 e. The number of hydrogen-bond acceptors (Lipinski definition) is 3. The van der Waals surface area contributed by atoms with Crippen molar-refractivity contribution in [2.24, 2.45) is 0 Å². The van der Waals surface area contributed by atoms with E-state index in [0.717, 1.165) is 17.5 Å². The second-order valence-electron chi connectivity index (χ2n) is 7.47. The van der Waals surface area contributed by atoms with Crippen LogP contribution in [0.3, 0.4) is 0 Å². The van der Waals surface area contributed by atoms with E-state index in [-0.39, 0.29) is 36.8 Å². The van der Waals surface area contributed by atoms with Crippen molar-refractivity contribution < 1.29 is 18.7 Å². The van der Waals surface area contributed by atoms with Gasteiger partial charge in [0.1, 0.15) is 6.04 Å². The molecule has 0 spiro atoms. The first-order valence-corrected chi connectivity index (χ1v) is 10.4. The zero-order chi connectivity index (χ0) is 22.1. The molecule has 0 aliphatic heterocycles. The molecule has 0 saturated heterocycles. The molecule has 0 aliphatic rings. The summed E-state index contributed by atoms with van der Waals surface area (Å²) in [6.07, 6.45) is 1.25. The van der Waals surface area contributed by atoms with Crippen molar-refractivity contribution in [3.8, 4) is 5.75 Å². The Morgan fingerprint density at radius 1 is 1.07 bits per heavy atom. The highest BCUT2D eigenvalue weighted by Gasteiger charge is 2.29. The number of carbonyl (C=O) groups is 2. The fourth-order valence-electron chi connectivity index (χ4n) is 3.03. The number of benzene rings is 2. The summed E-state index contributed by atoms with van der Waals surface area (Å²) in [6.45, 7) is 7.70. The summed E-state index contributed by atoms with van der Waals surface area (Å²) in [4.78, 5) is 27.4. The molecule has 162 valence electrons. The second-order valence-corrected chi connectivity index (χ2v) is 7.47. The molecule has 0 aliphatic carbocycles. The summed E-state index contributed by atoms with van der Waals surface area (Å²) in [5.41, 5.74) is 2.02. The summed E-state index contributed by atoms with van der Waals surface area (Å²) in [7, 11) is 0. The number of aryl methyl sites for hydroxylation is 1. The molecule has 0 radical (unpaired) electrons. The molecule has 0 bridgehead atoms. The minimum absolute atomic E-state index is 0.0116. The first kappa shape index (κ1) is 23.4. The third kappa shape index (κ3) is 6.58. The van der Waals surface area contributed by atoms with Crippen LogP contribution in [-0.2, 0) is 16.1 Å². The number of carbonyl (C=O) groups excluding carboxylic acids is 2. The summed E-state index contributed by atoms with van der Waals surface area (Å²) < 4.78 is 19.3. The van der Waals surface area contributed by atoms with E-state index in [1.54, 1.807) is 12.1 Å². The monoisotopic (exact) mass is 414 g/mol. The SMILES string of the molecule is CC[C@@H](C)NC(=O)[C@H](CC)N(Cc1ccc(C)cc1)C(=O)COc1ccccc1F. The van der Waals surface area contributed by atoms with E-state index in [9.17, 15) is 14.0 Å². The molecule has 0 saturated carbocycles. The van der Waals surface area contributed by atoms with Crippen molar-refractivity contribution >= 4 is 11.8 Å². The first-order valence-electron chi connectivity index (χ1n) is 10.4. The van der Waals surface area contributed by atoms with Gasteiger partial charge in [0.15, 0.2) is 18.2 Å². The van der Waals surface area contributed by atoms with E-state index < -0.39 is 11.9 Å². The molecule has 30 heavy (non-hydrogen) atoms. The normalized spacial score (nSPS) is 12.7. The zero-order valence-electron chi connectivity index (χ0n) is 18.2. The molecule has 0 heterocycles. The highest BCUT2D eigenvalue weighted by atomic mass is 19.1. The number of amides is 2. The van der Waals surface area contributed by atoms with E-state index in [1.165, 1.54) is 17.0 Å². The van der Waals surface area contributed by atoms with Crippen LogP contribution in [0.5, 0.6) is 5.75 Å². The maximum absolute atomic E-state index is 13.8. The molecule has 2 aromatic rings. The Labute approximate surface area is 178 Å². The lowest BCUT2D eigenvalue weighted by atomic mass is 10.1. The molecular formula is C24H31FN2O3. The van der Waals surface area contributed by atoms with Gasteiger partial charge in [0.25, 0.3) is 5.91 Å². The molecule has 1 N–H and O–H groups in total. The Kier molecular flexibility index (Phi) is 8.84. The van der Waals surface area contributed by atoms with E-state index in [4.69, 9.17) is 4.74 Å². The first-order chi connectivity index (χ1) is 14.3. The van der Waals surface area contributed by atoms with E-state index in [2.05, 4.69) is 5.32 Å². The lowest BCUT2D eigenvalue weighted by molar-refractivity contribution is -0.143. The van der Waals surface area contributed by atoms with E-state index in [1.807, 2.05) is 52.0 Å². The van der Waals surface area contributed by atoms with Gasteiger partial charge in [-0.15, -0.1) is 0 Å². The molecule has 0 unspecified atom stereocenters. The number of halogens is 1. The van der Waals surface area contributed by atoms with Crippen LogP contribution in [0, 0.1) is 12.7 Å². The summed E-state index contributed by atoms with van der Waals surface area (Å²) in [6, 6.07) is 13.1. The van der Waals surface area contributed by atoms with Crippen LogP contribution in [0.4, 0.5) is 4.39 Å². The van der Waals surface area contributed by atoms with Crippen LogP contribution in [0.2, 0.25) is 0 Å². The number of nitrogens with one attached hydrogen (secondary N) is 1. The number of hydrogen-bond donors (Lipinski definition) is 1. The van der Waals surface area contributed by atoms with Gasteiger partial charge in [-0.05, 0) is 44.4 Å². The molecule has 2 atom stereocenters. The molecule has 0 aromatic heterocycles. The lowest BCUT2D eigenvalue weighted by Gasteiger charge is -2.31. The van der Waals surface area contributed by atoms with Crippen molar-refractivity contribution in [2.45, 2.75) is 59.2 Å². The van der Waals surface area contributed by atoms with Crippen molar-refractivity contribution in [3.63, 3.8) is 0 Å². The van der Waals surface area contributed by atoms with Crippen LogP contribution in [0.25, 0.3) is 0 Å². The standard InChI is InChI=1S/C24H31FN2O3/c1-5-18(4)26-24(29)21(6-2)27(15-19-13-11-17(3)12-14-19)23(28)16-30-22-10-8-7-9-20(22)25/h7-14,18,21H,5-6,15-16H2,1-4H3,(H,26,29)/t18-,21+/m1/s1. The predicted molar refractivity (Wildman–Crippen MR) is 116 cm³/mol. The van der Waals surface area contributed by atoms with Crippen LogP contribution >= 0.6 is 0 Å². The summed E-state index contributed by atoms with van der Waals surface area (Å²) in [5, 5.41) is 2.96. The van der Waals surface area contributed by atoms with Crippen LogP contribution in [0.1, 0.15) is 44.7 Å². The topological polar surface area (TPSA) is 58.6 Å². The van der Waals surface area contributed by atoms with Gasteiger partial charge in [-0.25, -0.2) is 4.39 Å². The van der Waals surface area contributed by atoms with Gasteiger partial charge < -0.3 is 15.0 Å². The summed E-state index contributed by atoms with van der Waals surface area (Å²) in [5.74, 6) is -1.08. The quantitative estimate of drug-likeness (QED) is 0.633. The molecule has 2 amide bonds. The average Bonchev–Trinajstić information content (AvgIpc) is 2.74. The third-order valence-corrected chi connectivity index (χ3v) is 5.05. The summed E-state index contributed by atoms with van der Waals surface area (Å²) >= 11 is 0. The lowest BCUT2D eigenvalue weighted by Crippen LogP contribution is -2.51.